The normalized spacial score (nSPS) is 12.8. The van der Waals surface area contributed by atoms with Gasteiger partial charge in [0, 0.05) is 36.9 Å². The van der Waals surface area contributed by atoms with Crippen molar-refractivity contribution in [3.8, 4) is 11.5 Å². The van der Waals surface area contributed by atoms with Gasteiger partial charge in [-0.15, -0.1) is 0 Å². The third kappa shape index (κ3) is 3.37. The van der Waals surface area contributed by atoms with E-state index in [0.717, 1.165) is 4.90 Å². The van der Waals surface area contributed by atoms with Crippen LogP contribution in [-0.4, -0.2) is 43.4 Å². The minimum Gasteiger partial charge on any atom is -0.497 e. The van der Waals surface area contributed by atoms with Crippen LogP contribution in [0.3, 0.4) is 0 Å². The summed E-state index contributed by atoms with van der Waals surface area (Å²) in [5.41, 5.74) is 1.25. The number of ether oxygens (including phenoxy) is 2. The second-order valence-corrected chi connectivity index (χ2v) is 5.71. The quantitative estimate of drug-likeness (QED) is 0.805. The van der Waals surface area contributed by atoms with Crippen LogP contribution < -0.4 is 14.8 Å². The fraction of sp³-hybridized carbons (Fsp3) is 0.211. The molecule has 1 heterocycles. The zero-order chi connectivity index (χ0) is 18.7. The van der Waals surface area contributed by atoms with Crippen molar-refractivity contribution in [2.45, 2.75) is 6.42 Å². The maximum absolute atomic E-state index is 12.3. The lowest BCUT2D eigenvalue weighted by Crippen LogP contribution is -2.32. The van der Waals surface area contributed by atoms with Crippen LogP contribution in [-0.2, 0) is 4.79 Å². The molecule has 0 aliphatic carbocycles. The summed E-state index contributed by atoms with van der Waals surface area (Å²) in [6, 6.07) is 11.6. The Kier molecular flexibility index (Phi) is 4.88. The summed E-state index contributed by atoms with van der Waals surface area (Å²) in [5.74, 6) is 0.0137. The number of carbonyl (C=O) groups is 3. The molecule has 0 unspecified atom stereocenters. The van der Waals surface area contributed by atoms with Gasteiger partial charge in [0.25, 0.3) is 11.8 Å². The summed E-state index contributed by atoms with van der Waals surface area (Å²) in [6.45, 7) is 0.0132. The first-order valence-corrected chi connectivity index (χ1v) is 8.01. The molecule has 0 saturated heterocycles. The molecule has 0 bridgehead atoms. The average molecular weight is 354 g/mol. The van der Waals surface area contributed by atoms with Gasteiger partial charge in [-0.2, -0.15) is 0 Å². The Hall–Kier alpha value is -3.35. The van der Waals surface area contributed by atoms with E-state index in [2.05, 4.69) is 5.32 Å². The minimum atomic E-state index is -0.374. The smallest absolute Gasteiger partial charge is 0.261 e. The third-order valence-electron chi connectivity index (χ3n) is 4.08. The number of methoxy groups -OCH3 is 2. The molecule has 0 atom stereocenters. The van der Waals surface area contributed by atoms with E-state index < -0.39 is 0 Å². The molecule has 3 rings (SSSR count). The lowest BCUT2D eigenvalue weighted by atomic mass is 10.1. The van der Waals surface area contributed by atoms with E-state index in [0.29, 0.717) is 28.3 Å². The number of amides is 3. The molecule has 134 valence electrons. The van der Waals surface area contributed by atoms with E-state index in [4.69, 9.17) is 9.47 Å². The maximum Gasteiger partial charge on any atom is 0.261 e. The van der Waals surface area contributed by atoms with Crippen LogP contribution in [0.25, 0.3) is 0 Å². The van der Waals surface area contributed by atoms with Crippen LogP contribution in [0.5, 0.6) is 11.5 Å². The molecule has 0 spiro atoms. The van der Waals surface area contributed by atoms with Gasteiger partial charge in [-0.25, -0.2) is 0 Å². The Morgan fingerprint density at radius 3 is 2.00 bits per heavy atom. The van der Waals surface area contributed by atoms with E-state index in [1.165, 1.54) is 14.2 Å². The lowest BCUT2D eigenvalue weighted by Gasteiger charge is -2.14. The number of nitrogens with zero attached hydrogens (tertiary/aromatic N) is 1. The molecule has 2 aromatic carbocycles. The molecule has 0 aromatic heterocycles. The van der Waals surface area contributed by atoms with Gasteiger partial charge < -0.3 is 14.8 Å². The first-order chi connectivity index (χ1) is 12.5. The highest BCUT2D eigenvalue weighted by molar-refractivity contribution is 6.21. The van der Waals surface area contributed by atoms with E-state index in [-0.39, 0.29) is 30.7 Å². The number of nitrogens with one attached hydrogen (secondary N) is 1. The molecule has 0 saturated carbocycles. The Morgan fingerprint density at radius 1 is 0.962 bits per heavy atom. The number of fused-ring (bicyclic) bond motifs is 1. The summed E-state index contributed by atoms with van der Waals surface area (Å²) in [4.78, 5) is 37.9. The van der Waals surface area contributed by atoms with Gasteiger partial charge in [0.2, 0.25) is 5.91 Å². The maximum atomic E-state index is 12.3. The lowest BCUT2D eigenvalue weighted by molar-refractivity contribution is -0.116. The molecule has 0 radical (unpaired) electrons. The Labute approximate surface area is 150 Å². The highest BCUT2D eigenvalue weighted by Gasteiger charge is 2.34. The largest absolute Gasteiger partial charge is 0.497 e. The monoisotopic (exact) mass is 354 g/mol. The topological polar surface area (TPSA) is 84.9 Å². The summed E-state index contributed by atoms with van der Waals surface area (Å²) in [7, 11) is 3.03. The summed E-state index contributed by atoms with van der Waals surface area (Å²) in [5, 5.41) is 2.72. The first kappa shape index (κ1) is 17.5. The highest BCUT2D eigenvalue weighted by atomic mass is 16.5. The molecule has 1 aliphatic rings. The number of rotatable bonds is 6. The van der Waals surface area contributed by atoms with E-state index in [9.17, 15) is 14.4 Å². The Morgan fingerprint density at radius 2 is 1.50 bits per heavy atom. The predicted octanol–water partition coefficient (Wildman–Crippen LogP) is 2.33. The molecule has 2 aromatic rings. The third-order valence-corrected chi connectivity index (χ3v) is 4.08. The van der Waals surface area contributed by atoms with Gasteiger partial charge in [0.15, 0.2) is 0 Å². The van der Waals surface area contributed by atoms with E-state index >= 15 is 0 Å². The van der Waals surface area contributed by atoms with Crippen LogP contribution >= 0.6 is 0 Å². The second-order valence-electron chi connectivity index (χ2n) is 5.71. The van der Waals surface area contributed by atoms with Crippen molar-refractivity contribution in [3.63, 3.8) is 0 Å². The minimum absolute atomic E-state index is 0.00893. The van der Waals surface area contributed by atoms with Crippen molar-refractivity contribution in [2.75, 3.05) is 26.1 Å². The zero-order valence-electron chi connectivity index (χ0n) is 14.4. The van der Waals surface area contributed by atoms with Gasteiger partial charge in [-0.3, -0.25) is 19.3 Å². The molecule has 3 amide bonds. The van der Waals surface area contributed by atoms with E-state index in [1.54, 1.807) is 42.5 Å². The number of hydrogen-bond acceptors (Lipinski definition) is 5. The van der Waals surface area contributed by atoms with Gasteiger partial charge in [-0.05, 0) is 12.1 Å². The Bertz CT molecular complexity index is 821. The van der Waals surface area contributed by atoms with Gasteiger partial charge in [0.05, 0.1) is 25.3 Å². The van der Waals surface area contributed by atoms with Crippen molar-refractivity contribution in [2.24, 2.45) is 0 Å². The van der Waals surface area contributed by atoms with Crippen molar-refractivity contribution in [3.05, 3.63) is 53.6 Å². The number of hydrogen-bond donors (Lipinski definition) is 1. The van der Waals surface area contributed by atoms with Crippen LogP contribution in [0.4, 0.5) is 5.69 Å². The van der Waals surface area contributed by atoms with Crippen molar-refractivity contribution in [1.29, 1.82) is 0 Å². The van der Waals surface area contributed by atoms with E-state index in [1.807, 2.05) is 0 Å². The number of benzene rings is 2. The van der Waals surface area contributed by atoms with Crippen LogP contribution in [0.1, 0.15) is 27.1 Å². The fourth-order valence-corrected chi connectivity index (χ4v) is 2.76. The molecule has 7 heteroatoms. The number of anilines is 1. The van der Waals surface area contributed by atoms with Gasteiger partial charge >= 0.3 is 0 Å². The standard InChI is InChI=1S/C19H18N2O5/c1-25-13-9-12(10-14(11-13)26-2)20-17(22)7-8-21-18(23)15-5-3-4-6-16(15)19(21)24/h3-6,9-11H,7-8H2,1-2H3,(H,20,22). The molecule has 1 N–H and O–H groups in total. The highest BCUT2D eigenvalue weighted by Crippen LogP contribution is 2.26. The number of imide groups is 1. The predicted molar refractivity (Wildman–Crippen MR) is 94.6 cm³/mol. The molecular formula is C19H18N2O5. The van der Waals surface area contributed by atoms with Crippen LogP contribution in [0.2, 0.25) is 0 Å². The number of carbonyl (C=O) groups excluding carboxylic acids is 3. The Balaban J connectivity index is 1.64. The van der Waals surface area contributed by atoms with Crippen molar-refractivity contribution in [1.82, 2.24) is 4.90 Å². The second kappa shape index (κ2) is 7.26. The summed E-state index contributed by atoms with van der Waals surface area (Å²) >= 11 is 0. The molecule has 26 heavy (non-hydrogen) atoms. The molecular weight excluding hydrogens is 336 g/mol. The van der Waals surface area contributed by atoms with Crippen molar-refractivity contribution < 1.29 is 23.9 Å². The van der Waals surface area contributed by atoms with Gasteiger partial charge in [-0.1, -0.05) is 12.1 Å². The van der Waals surface area contributed by atoms with Crippen molar-refractivity contribution >= 4 is 23.4 Å². The molecule has 0 fully saturated rings. The SMILES string of the molecule is COc1cc(NC(=O)CCN2C(=O)c3ccccc3C2=O)cc(OC)c1. The average Bonchev–Trinajstić information content (AvgIpc) is 2.90. The molecule has 7 nitrogen and oxygen atoms in total. The zero-order valence-corrected chi connectivity index (χ0v) is 14.4. The molecule has 1 aliphatic heterocycles. The fourth-order valence-electron chi connectivity index (χ4n) is 2.76. The summed E-state index contributed by atoms with van der Waals surface area (Å²) in [6.07, 6.45) is -0.00893. The van der Waals surface area contributed by atoms with Crippen LogP contribution in [0.15, 0.2) is 42.5 Å². The van der Waals surface area contributed by atoms with Crippen LogP contribution in [0, 0.1) is 0 Å². The van der Waals surface area contributed by atoms with Gasteiger partial charge in [0.1, 0.15) is 11.5 Å². The summed E-state index contributed by atoms with van der Waals surface area (Å²) < 4.78 is 10.3. The first-order valence-electron chi connectivity index (χ1n) is 8.01.